The molecule has 2 aliphatic rings. The average molecular weight is 246 g/mol. The average Bonchev–Trinajstić information content (AvgIpc) is 2.91. The lowest BCUT2D eigenvalue weighted by atomic mass is 10.0. The van der Waals surface area contributed by atoms with Crippen molar-refractivity contribution in [3.05, 3.63) is 0 Å². The SMILES string of the molecule is NCC(O)CNC(=O)OC1COC2OCCC12. The molecular weight excluding hydrogens is 228 g/mol. The molecule has 2 aliphatic heterocycles. The number of alkyl carbamates (subject to hydrolysis) is 1. The van der Waals surface area contributed by atoms with Crippen LogP contribution in [0.5, 0.6) is 0 Å². The molecule has 0 aliphatic carbocycles. The molecule has 7 nitrogen and oxygen atoms in total. The number of aliphatic hydroxyl groups excluding tert-OH is 1. The highest BCUT2D eigenvalue weighted by atomic mass is 16.7. The zero-order valence-electron chi connectivity index (χ0n) is 9.50. The second-order valence-electron chi connectivity index (χ2n) is 4.24. The number of rotatable bonds is 4. The van der Waals surface area contributed by atoms with Gasteiger partial charge in [-0.25, -0.2) is 4.79 Å². The number of aliphatic hydroxyl groups is 1. The zero-order chi connectivity index (χ0) is 12.3. The van der Waals surface area contributed by atoms with Gasteiger partial charge in [0.05, 0.1) is 25.2 Å². The second kappa shape index (κ2) is 5.63. The molecule has 1 amide bonds. The molecule has 0 aromatic rings. The second-order valence-corrected chi connectivity index (χ2v) is 4.24. The van der Waals surface area contributed by atoms with Crippen LogP contribution in [0, 0.1) is 5.92 Å². The molecule has 4 unspecified atom stereocenters. The summed E-state index contributed by atoms with van der Waals surface area (Å²) in [7, 11) is 0. The molecule has 98 valence electrons. The van der Waals surface area contributed by atoms with Crippen LogP contribution in [0.2, 0.25) is 0 Å². The molecule has 0 spiro atoms. The van der Waals surface area contributed by atoms with E-state index in [4.69, 9.17) is 19.9 Å². The lowest BCUT2D eigenvalue weighted by Crippen LogP contribution is -2.39. The molecule has 2 fully saturated rings. The number of amides is 1. The fourth-order valence-corrected chi connectivity index (χ4v) is 2.01. The monoisotopic (exact) mass is 246 g/mol. The Hall–Kier alpha value is -0.890. The van der Waals surface area contributed by atoms with Gasteiger partial charge in [-0.1, -0.05) is 0 Å². The Labute approximate surface area is 99.2 Å². The third-order valence-corrected chi connectivity index (χ3v) is 3.00. The zero-order valence-corrected chi connectivity index (χ0v) is 9.50. The fraction of sp³-hybridized carbons (Fsp3) is 0.900. The molecule has 0 radical (unpaired) electrons. The number of hydrogen-bond acceptors (Lipinski definition) is 6. The minimum Gasteiger partial charge on any atom is -0.443 e. The number of carbonyl (C=O) groups is 1. The summed E-state index contributed by atoms with van der Waals surface area (Å²) in [4.78, 5) is 11.4. The third-order valence-electron chi connectivity index (χ3n) is 3.00. The van der Waals surface area contributed by atoms with Crippen molar-refractivity contribution < 1.29 is 24.1 Å². The Balaban J connectivity index is 1.71. The quantitative estimate of drug-likeness (QED) is 0.575. The lowest BCUT2D eigenvalue weighted by molar-refractivity contribution is -0.0907. The van der Waals surface area contributed by atoms with Crippen molar-refractivity contribution in [3.8, 4) is 0 Å². The molecule has 2 saturated heterocycles. The standard InChI is InChI=1S/C10H18N2O5/c11-3-6(13)4-12-10(14)17-8-5-16-9-7(8)1-2-15-9/h6-9,13H,1-5,11H2,(H,12,14). The summed E-state index contributed by atoms with van der Waals surface area (Å²) in [5, 5.41) is 11.6. The van der Waals surface area contributed by atoms with Crippen molar-refractivity contribution in [1.29, 1.82) is 0 Å². The first-order valence-corrected chi connectivity index (χ1v) is 5.76. The van der Waals surface area contributed by atoms with Crippen molar-refractivity contribution in [2.45, 2.75) is 24.9 Å². The minimum atomic E-state index is -0.745. The van der Waals surface area contributed by atoms with E-state index in [1.54, 1.807) is 0 Å². The van der Waals surface area contributed by atoms with E-state index in [-0.39, 0.29) is 31.4 Å². The van der Waals surface area contributed by atoms with Gasteiger partial charge in [-0.05, 0) is 6.42 Å². The molecule has 0 saturated carbocycles. The summed E-state index contributed by atoms with van der Waals surface area (Å²) < 4.78 is 15.9. The van der Waals surface area contributed by atoms with Gasteiger partial charge in [0.15, 0.2) is 6.29 Å². The van der Waals surface area contributed by atoms with Crippen LogP contribution in [0.25, 0.3) is 0 Å². The van der Waals surface area contributed by atoms with Gasteiger partial charge in [-0.15, -0.1) is 0 Å². The van der Waals surface area contributed by atoms with Gasteiger partial charge < -0.3 is 30.4 Å². The number of carbonyl (C=O) groups excluding carboxylic acids is 1. The number of nitrogens with two attached hydrogens (primary N) is 1. The maximum atomic E-state index is 11.4. The van der Waals surface area contributed by atoms with Gasteiger partial charge in [0.1, 0.15) is 6.10 Å². The number of ether oxygens (including phenoxy) is 3. The summed E-state index contributed by atoms with van der Waals surface area (Å²) in [6.45, 7) is 1.20. The molecule has 2 rings (SSSR count). The van der Waals surface area contributed by atoms with E-state index in [1.807, 2.05) is 0 Å². The van der Waals surface area contributed by atoms with Crippen molar-refractivity contribution in [1.82, 2.24) is 5.32 Å². The van der Waals surface area contributed by atoms with E-state index >= 15 is 0 Å². The van der Waals surface area contributed by atoms with Crippen molar-refractivity contribution >= 4 is 6.09 Å². The van der Waals surface area contributed by atoms with Crippen LogP contribution < -0.4 is 11.1 Å². The summed E-state index contributed by atoms with van der Waals surface area (Å²) >= 11 is 0. The van der Waals surface area contributed by atoms with Crippen LogP contribution in [-0.4, -0.2) is 56.0 Å². The largest absolute Gasteiger partial charge is 0.443 e. The molecule has 2 heterocycles. The molecule has 0 aromatic heterocycles. The van der Waals surface area contributed by atoms with Gasteiger partial charge in [0, 0.05) is 13.1 Å². The highest BCUT2D eigenvalue weighted by Gasteiger charge is 2.43. The predicted octanol–water partition coefficient (Wildman–Crippen LogP) is -1.21. The van der Waals surface area contributed by atoms with Crippen LogP contribution >= 0.6 is 0 Å². The first kappa shape index (κ1) is 12.6. The fourth-order valence-electron chi connectivity index (χ4n) is 2.01. The van der Waals surface area contributed by atoms with E-state index in [9.17, 15) is 9.90 Å². The van der Waals surface area contributed by atoms with E-state index in [0.29, 0.717) is 13.2 Å². The van der Waals surface area contributed by atoms with Gasteiger partial charge in [0.25, 0.3) is 0 Å². The molecule has 4 atom stereocenters. The summed E-state index contributed by atoms with van der Waals surface area (Å²) in [5.41, 5.74) is 5.21. The summed E-state index contributed by atoms with van der Waals surface area (Å²) in [5.74, 6) is 0.125. The first-order valence-electron chi connectivity index (χ1n) is 5.76. The Morgan fingerprint density at radius 1 is 1.59 bits per heavy atom. The summed E-state index contributed by atoms with van der Waals surface area (Å²) in [6, 6.07) is 0. The molecule has 17 heavy (non-hydrogen) atoms. The van der Waals surface area contributed by atoms with E-state index < -0.39 is 12.2 Å². The molecule has 4 N–H and O–H groups in total. The lowest BCUT2D eigenvalue weighted by Gasteiger charge is -2.17. The van der Waals surface area contributed by atoms with Crippen LogP contribution in [0.4, 0.5) is 4.79 Å². The molecule has 7 heteroatoms. The smallest absolute Gasteiger partial charge is 0.407 e. The maximum absolute atomic E-state index is 11.4. The van der Waals surface area contributed by atoms with Crippen LogP contribution in [0.1, 0.15) is 6.42 Å². The molecule has 0 bridgehead atoms. The van der Waals surface area contributed by atoms with Crippen LogP contribution in [-0.2, 0) is 14.2 Å². The van der Waals surface area contributed by atoms with Crippen molar-refractivity contribution in [2.75, 3.05) is 26.3 Å². The van der Waals surface area contributed by atoms with E-state index in [1.165, 1.54) is 0 Å². The highest BCUT2D eigenvalue weighted by molar-refractivity contribution is 5.67. The van der Waals surface area contributed by atoms with Gasteiger partial charge in [-0.3, -0.25) is 0 Å². The van der Waals surface area contributed by atoms with Gasteiger partial charge in [0.2, 0.25) is 0 Å². The van der Waals surface area contributed by atoms with Gasteiger partial charge >= 0.3 is 6.09 Å². The van der Waals surface area contributed by atoms with E-state index in [2.05, 4.69) is 5.32 Å². The number of nitrogens with one attached hydrogen (secondary N) is 1. The first-order chi connectivity index (χ1) is 8.20. The number of fused-ring (bicyclic) bond motifs is 1. The highest BCUT2D eigenvalue weighted by Crippen LogP contribution is 2.32. The molecule has 0 aromatic carbocycles. The Morgan fingerprint density at radius 2 is 2.41 bits per heavy atom. The minimum absolute atomic E-state index is 0.0908. The third kappa shape index (κ3) is 3.06. The Bertz CT molecular complexity index is 275. The number of hydrogen-bond donors (Lipinski definition) is 3. The normalized spacial score (nSPS) is 33.2. The Kier molecular flexibility index (Phi) is 4.16. The molecular formula is C10H18N2O5. The maximum Gasteiger partial charge on any atom is 0.407 e. The predicted molar refractivity (Wildman–Crippen MR) is 57.1 cm³/mol. The van der Waals surface area contributed by atoms with Crippen molar-refractivity contribution in [3.63, 3.8) is 0 Å². The van der Waals surface area contributed by atoms with E-state index in [0.717, 1.165) is 6.42 Å². The van der Waals surface area contributed by atoms with Gasteiger partial charge in [-0.2, -0.15) is 0 Å². The van der Waals surface area contributed by atoms with Crippen LogP contribution in [0.3, 0.4) is 0 Å². The topological polar surface area (TPSA) is 103 Å². The van der Waals surface area contributed by atoms with Crippen LogP contribution in [0.15, 0.2) is 0 Å². The summed E-state index contributed by atoms with van der Waals surface area (Å²) in [6.07, 6.45) is -0.961. The van der Waals surface area contributed by atoms with Crippen molar-refractivity contribution in [2.24, 2.45) is 11.7 Å². The Morgan fingerprint density at radius 3 is 3.18 bits per heavy atom.